The predicted octanol–water partition coefficient (Wildman–Crippen LogP) is 4.09. The number of likely N-dealkylation sites (N-methyl/N-ethyl adjacent to an activating group) is 1. The second-order valence-electron chi connectivity index (χ2n) is 8.71. The first-order valence-electron chi connectivity index (χ1n) is 11.3. The lowest BCUT2D eigenvalue weighted by Gasteiger charge is -2.33. The van der Waals surface area contributed by atoms with Gasteiger partial charge in [0, 0.05) is 50.5 Å². The quantitative estimate of drug-likeness (QED) is 0.570. The highest BCUT2D eigenvalue weighted by Crippen LogP contribution is 2.28. The minimum absolute atomic E-state index is 0.0523. The second-order valence-corrected chi connectivity index (χ2v) is 8.71. The van der Waals surface area contributed by atoms with Crippen LogP contribution in [0.1, 0.15) is 29.8 Å². The summed E-state index contributed by atoms with van der Waals surface area (Å²) in [6, 6.07) is 16.3. The summed E-state index contributed by atoms with van der Waals surface area (Å²) >= 11 is 0. The Morgan fingerprint density at radius 2 is 1.70 bits per heavy atom. The van der Waals surface area contributed by atoms with E-state index in [4.69, 9.17) is 4.98 Å². The number of carbonyl (C=O) groups is 1. The molecule has 0 bridgehead atoms. The summed E-state index contributed by atoms with van der Waals surface area (Å²) in [6.07, 6.45) is 1.56. The van der Waals surface area contributed by atoms with Crippen LogP contribution < -0.4 is 4.90 Å². The molecule has 2 heterocycles. The third-order valence-corrected chi connectivity index (χ3v) is 6.00. The molecule has 0 radical (unpaired) electrons. The average Bonchev–Trinajstić information content (AvgIpc) is 2.83. The molecule has 0 spiro atoms. The lowest BCUT2D eigenvalue weighted by atomic mass is 10.0. The van der Waals surface area contributed by atoms with Crippen LogP contribution in [0.15, 0.2) is 60.8 Å². The third-order valence-electron chi connectivity index (χ3n) is 6.00. The van der Waals surface area contributed by atoms with Gasteiger partial charge >= 0.3 is 0 Å². The fourth-order valence-electron chi connectivity index (χ4n) is 3.97. The maximum atomic E-state index is 14.8. The number of hydrogen-bond acceptors (Lipinski definition) is 5. The van der Waals surface area contributed by atoms with E-state index in [9.17, 15) is 9.18 Å². The molecule has 1 fully saturated rings. The first-order chi connectivity index (χ1) is 15.9. The standard InChI is InChI=1S/C26H30FN5O/c1-19(2)32(18-20-9-5-4-6-10-20)25(33)22-17-28-26(31-15-13-30(3)14-16-31)29-24(22)21-11-7-8-12-23(21)27/h4-12,17,19H,13-16,18H2,1-3H3. The monoisotopic (exact) mass is 447 g/mol. The predicted molar refractivity (Wildman–Crippen MR) is 129 cm³/mol. The molecule has 6 nitrogen and oxygen atoms in total. The van der Waals surface area contributed by atoms with Gasteiger partial charge in [-0.2, -0.15) is 0 Å². The number of anilines is 1. The summed E-state index contributed by atoms with van der Waals surface area (Å²) < 4.78 is 14.8. The van der Waals surface area contributed by atoms with E-state index in [1.54, 1.807) is 29.3 Å². The van der Waals surface area contributed by atoms with Gasteiger partial charge in [0.1, 0.15) is 5.82 Å². The Bertz CT molecular complexity index is 1100. The van der Waals surface area contributed by atoms with E-state index in [2.05, 4.69) is 21.8 Å². The largest absolute Gasteiger partial charge is 0.338 e. The van der Waals surface area contributed by atoms with Crippen LogP contribution in [-0.4, -0.2) is 64.9 Å². The van der Waals surface area contributed by atoms with Crippen LogP contribution in [0.4, 0.5) is 10.3 Å². The molecule has 1 aliphatic heterocycles. The van der Waals surface area contributed by atoms with Gasteiger partial charge < -0.3 is 14.7 Å². The van der Waals surface area contributed by atoms with Crippen LogP contribution in [0.3, 0.4) is 0 Å². The number of rotatable bonds is 6. The van der Waals surface area contributed by atoms with E-state index in [0.29, 0.717) is 29.3 Å². The first kappa shape index (κ1) is 22.9. The van der Waals surface area contributed by atoms with Gasteiger partial charge in [0.15, 0.2) is 0 Å². The molecule has 0 unspecified atom stereocenters. The van der Waals surface area contributed by atoms with Gasteiger partial charge in [0.2, 0.25) is 5.95 Å². The van der Waals surface area contributed by atoms with Crippen molar-refractivity contribution in [3.8, 4) is 11.3 Å². The lowest BCUT2D eigenvalue weighted by molar-refractivity contribution is 0.0690. The molecule has 33 heavy (non-hydrogen) atoms. The summed E-state index contributed by atoms with van der Waals surface area (Å²) in [4.78, 5) is 29.1. The van der Waals surface area contributed by atoms with Crippen molar-refractivity contribution in [1.29, 1.82) is 0 Å². The summed E-state index contributed by atoms with van der Waals surface area (Å²) in [5.41, 5.74) is 1.98. The molecule has 0 atom stereocenters. The van der Waals surface area contributed by atoms with Gasteiger partial charge in [-0.05, 0) is 38.6 Å². The van der Waals surface area contributed by atoms with Crippen LogP contribution in [-0.2, 0) is 6.54 Å². The van der Waals surface area contributed by atoms with Crippen molar-refractivity contribution in [2.45, 2.75) is 26.4 Å². The van der Waals surface area contributed by atoms with E-state index in [-0.39, 0.29) is 11.9 Å². The fraction of sp³-hybridized carbons (Fsp3) is 0.346. The fourth-order valence-corrected chi connectivity index (χ4v) is 3.97. The van der Waals surface area contributed by atoms with Crippen LogP contribution in [0.2, 0.25) is 0 Å². The van der Waals surface area contributed by atoms with Crippen LogP contribution in [0, 0.1) is 5.82 Å². The zero-order chi connectivity index (χ0) is 23.4. The Morgan fingerprint density at radius 3 is 2.36 bits per heavy atom. The normalized spacial score (nSPS) is 14.5. The maximum Gasteiger partial charge on any atom is 0.258 e. The van der Waals surface area contributed by atoms with Gasteiger partial charge in [-0.3, -0.25) is 4.79 Å². The molecule has 172 valence electrons. The Balaban J connectivity index is 1.74. The number of halogens is 1. The summed E-state index contributed by atoms with van der Waals surface area (Å²) in [6.45, 7) is 7.77. The van der Waals surface area contributed by atoms with Gasteiger partial charge in [-0.15, -0.1) is 0 Å². The van der Waals surface area contributed by atoms with Crippen molar-refractivity contribution < 1.29 is 9.18 Å². The Morgan fingerprint density at radius 1 is 1.03 bits per heavy atom. The molecule has 1 aliphatic rings. The number of amides is 1. The van der Waals surface area contributed by atoms with E-state index >= 15 is 0 Å². The average molecular weight is 448 g/mol. The molecule has 1 saturated heterocycles. The highest BCUT2D eigenvalue weighted by molar-refractivity contribution is 6.00. The Labute approximate surface area is 194 Å². The van der Waals surface area contributed by atoms with Crippen molar-refractivity contribution in [3.63, 3.8) is 0 Å². The van der Waals surface area contributed by atoms with Crippen molar-refractivity contribution >= 4 is 11.9 Å². The minimum Gasteiger partial charge on any atom is -0.338 e. The molecule has 3 aromatic rings. The number of nitrogens with zero attached hydrogens (tertiary/aromatic N) is 5. The van der Waals surface area contributed by atoms with Gasteiger partial charge in [0.05, 0.1) is 11.3 Å². The van der Waals surface area contributed by atoms with Crippen molar-refractivity contribution in [1.82, 2.24) is 19.8 Å². The Kier molecular flexibility index (Phi) is 6.99. The van der Waals surface area contributed by atoms with Gasteiger partial charge in [-0.25, -0.2) is 14.4 Å². The number of benzene rings is 2. The molecule has 1 amide bonds. The van der Waals surface area contributed by atoms with E-state index in [1.807, 2.05) is 44.2 Å². The molecular weight excluding hydrogens is 417 g/mol. The van der Waals surface area contributed by atoms with Crippen LogP contribution in [0.5, 0.6) is 0 Å². The molecule has 2 aromatic carbocycles. The Hall–Kier alpha value is -3.32. The zero-order valence-corrected chi connectivity index (χ0v) is 19.4. The van der Waals surface area contributed by atoms with Crippen molar-refractivity contribution in [2.75, 3.05) is 38.1 Å². The third kappa shape index (κ3) is 5.20. The van der Waals surface area contributed by atoms with Gasteiger partial charge in [-0.1, -0.05) is 42.5 Å². The lowest BCUT2D eigenvalue weighted by Crippen LogP contribution is -2.45. The number of hydrogen-bond donors (Lipinski definition) is 0. The molecule has 1 aromatic heterocycles. The van der Waals surface area contributed by atoms with Crippen molar-refractivity contribution in [2.24, 2.45) is 0 Å². The zero-order valence-electron chi connectivity index (χ0n) is 19.4. The highest BCUT2D eigenvalue weighted by atomic mass is 19.1. The molecule has 0 N–H and O–H groups in total. The SMILES string of the molecule is CC(C)N(Cc1ccccc1)C(=O)c1cnc(N2CCN(C)CC2)nc1-c1ccccc1F. The maximum absolute atomic E-state index is 14.8. The topological polar surface area (TPSA) is 52.6 Å². The van der Waals surface area contributed by atoms with Crippen molar-refractivity contribution in [3.05, 3.63) is 77.7 Å². The number of aromatic nitrogens is 2. The smallest absolute Gasteiger partial charge is 0.258 e. The van der Waals surface area contributed by atoms with Crippen LogP contribution in [0.25, 0.3) is 11.3 Å². The number of carbonyl (C=O) groups excluding carboxylic acids is 1. The van der Waals surface area contributed by atoms with E-state index in [1.165, 1.54) is 6.07 Å². The van der Waals surface area contributed by atoms with Crippen LogP contribution >= 0.6 is 0 Å². The summed E-state index contributed by atoms with van der Waals surface area (Å²) in [5, 5.41) is 0. The molecule has 0 aliphatic carbocycles. The number of piperazine rings is 1. The molecular formula is C26H30FN5O. The minimum atomic E-state index is -0.409. The molecule has 7 heteroatoms. The first-order valence-corrected chi connectivity index (χ1v) is 11.3. The van der Waals surface area contributed by atoms with Gasteiger partial charge in [0.25, 0.3) is 5.91 Å². The molecule has 4 rings (SSSR count). The summed E-state index contributed by atoms with van der Waals surface area (Å²) in [7, 11) is 2.08. The summed E-state index contributed by atoms with van der Waals surface area (Å²) in [5.74, 6) is -0.0946. The molecule has 0 saturated carbocycles. The highest BCUT2D eigenvalue weighted by Gasteiger charge is 2.26. The second kappa shape index (κ2) is 10.1. The van der Waals surface area contributed by atoms with E-state index < -0.39 is 5.82 Å². The van der Waals surface area contributed by atoms with E-state index in [0.717, 1.165) is 31.7 Å².